The monoisotopic (exact) mass is 154 g/mol. The minimum Gasteiger partial charge on any atom is -0.393 e. The second-order valence-electron chi connectivity index (χ2n) is 4.81. The average Bonchev–Trinajstić information content (AvgIpc) is 2.56. The smallest absolute Gasteiger partial charge is 0.0604 e. The molecule has 0 bridgehead atoms. The van der Waals surface area contributed by atoms with Gasteiger partial charge in [0.05, 0.1) is 6.10 Å². The summed E-state index contributed by atoms with van der Waals surface area (Å²) in [6, 6.07) is 0. The van der Waals surface area contributed by atoms with E-state index in [0.717, 1.165) is 18.3 Å². The van der Waals surface area contributed by atoms with Crippen molar-refractivity contribution >= 4 is 0 Å². The lowest BCUT2D eigenvalue weighted by atomic mass is 9.88. The highest BCUT2D eigenvalue weighted by atomic mass is 16.3. The number of fused-ring (bicyclic) bond motifs is 1. The third-order valence-electron chi connectivity index (χ3n) is 4.08. The second-order valence-corrected chi connectivity index (χ2v) is 4.81. The fourth-order valence-corrected chi connectivity index (χ4v) is 3.22. The van der Waals surface area contributed by atoms with Gasteiger partial charge in [-0.25, -0.2) is 0 Å². The van der Waals surface area contributed by atoms with Crippen LogP contribution in [-0.2, 0) is 0 Å². The molecule has 64 valence electrons. The van der Waals surface area contributed by atoms with Gasteiger partial charge in [-0.1, -0.05) is 20.8 Å². The van der Waals surface area contributed by atoms with Gasteiger partial charge < -0.3 is 5.11 Å². The van der Waals surface area contributed by atoms with Crippen molar-refractivity contribution in [3.8, 4) is 0 Å². The molecule has 0 heterocycles. The van der Waals surface area contributed by atoms with Crippen LogP contribution in [0.15, 0.2) is 0 Å². The molecular weight excluding hydrogens is 136 g/mol. The fraction of sp³-hybridized carbons (Fsp3) is 1.00. The Morgan fingerprint density at radius 2 is 2.09 bits per heavy atom. The lowest BCUT2D eigenvalue weighted by molar-refractivity contribution is 0.0741. The highest BCUT2D eigenvalue weighted by Gasteiger charge is 2.66. The molecule has 2 saturated carbocycles. The molecule has 0 saturated heterocycles. The summed E-state index contributed by atoms with van der Waals surface area (Å²) in [5, 5.41) is 9.83. The Morgan fingerprint density at radius 3 is 2.27 bits per heavy atom. The first-order chi connectivity index (χ1) is 5.09. The Kier molecular flexibility index (Phi) is 1.39. The van der Waals surface area contributed by atoms with Gasteiger partial charge in [-0.15, -0.1) is 0 Å². The van der Waals surface area contributed by atoms with Gasteiger partial charge in [-0.05, 0) is 30.6 Å². The molecule has 0 spiro atoms. The van der Waals surface area contributed by atoms with Crippen molar-refractivity contribution in [3.05, 3.63) is 0 Å². The Balaban J connectivity index is 2.19. The zero-order chi connectivity index (χ0) is 8.22. The summed E-state index contributed by atoms with van der Waals surface area (Å²) in [6.45, 7) is 6.79. The van der Waals surface area contributed by atoms with E-state index in [-0.39, 0.29) is 6.10 Å². The molecule has 0 aromatic carbocycles. The van der Waals surface area contributed by atoms with E-state index in [1.807, 2.05) is 0 Å². The topological polar surface area (TPSA) is 20.2 Å². The second kappa shape index (κ2) is 2.01. The molecule has 4 atom stereocenters. The molecule has 0 radical (unpaired) electrons. The molecule has 2 fully saturated rings. The number of rotatable bonds is 1. The number of hydrogen-bond acceptors (Lipinski definition) is 1. The van der Waals surface area contributed by atoms with E-state index >= 15 is 0 Å². The number of hydrogen-bond donors (Lipinski definition) is 1. The SMILES string of the molecule is CC(C)[C@]12CC1[C@@H](C)C[C@H]2O. The molecule has 1 N–H and O–H groups in total. The van der Waals surface area contributed by atoms with E-state index < -0.39 is 0 Å². The van der Waals surface area contributed by atoms with Crippen LogP contribution in [0.25, 0.3) is 0 Å². The van der Waals surface area contributed by atoms with Crippen LogP contribution in [0, 0.1) is 23.2 Å². The molecule has 0 aromatic rings. The quantitative estimate of drug-likeness (QED) is 0.613. The predicted octanol–water partition coefficient (Wildman–Crippen LogP) is 2.05. The molecule has 0 amide bonds. The minimum absolute atomic E-state index is 0.00231. The maximum Gasteiger partial charge on any atom is 0.0604 e. The standard InChI is InChI=1S/C10H18O/c1-6(2)10-5-8(10)7(3)4-9(10)11/h6-9,11H,4-5H2,1-3H3/t7-,8?,9+,10+/m0/s1. The Morgan fingerprint density at radius 1 is 1.45 bits per heavy atom. The molecule has 2 aliphatic carbocycles. The summed E-state index contributed by atoms with van der Waals surface area (Å²) in [5.74, 6) is 2.29. The third-order valence-corrected chi connectivity index (χ3v) is 4.08. The minimum atomic E-state index is 0.00231. The third kappa shape index (κ3) is 0.752. The Hall–Kier alpha value is -0.0400. The summed E-state index contributed by atoms with van der Waals surface area (Å²) >= 11 is 0. The highest BCUT2D eigenvalue weighted by Crippen LogP contribution is 2.69. The van der Waals surface area contributed by atoms with Gasteiger partial charge >= 0.3 is 0 Å². The molecule has 1 nitrogen and oxygen atoms in total. The fourth-order valence-electron chi connectivity index (χ4n) is 3.22. The molecule has 11 heavy (non-hydrogen) atoms. The van der Waals surface area contributed by atoms with E-state index in [9.17, 15) is 5.11 Å². The van der Waals surface area contributed by atoms with Crippen molar-refractivity contribution in [2.75, 3.05) is 0 Å². The number of aliphatic hydroxyl groups excluding tert-OH is 1. The van der Waals surface area contributed by atoms with Crippen LogP contribution in [0.5, 0.6) is 0 Å². The van der Waals surface area contributed by atoms with Gasteiger partial charge in [0.25, 0.3) is 0 Å². The van der Waals surface area contributed by atoms with Gasteiger partial charge in [-0.3, -0.25) is 0 Å². The van der Waals surface area contributed by atoms with E-state index in [4.69, 9.17) is 0 Å². The summed E-state index contributed by atoms with van der Waals surface area (Å²) < 4.78 is 0. The lowest BCUT2D eigenvalue weighted by Crippen LogP contribution is -2.24. The van der Waals surface area contributed by atoms with Crippen molar-refractivity contribution in [2.45, 2.75) is 39.7 Å². The van der Waals surface area contributed by atoms with Crippen LogP contribution < -0.4 is 0 Å². The molecular formula is C10H18O. The largest absolute Gasteiger partial charge is 0.393 e. The zero-order valence-electron chi connectivity index (χ0n) is 7.67. The lowest BCUT2D eigenvalue weighted by Gasteiger charge is -2.22. The van der Waals surface area contributed by atoms with Crippen LogP contribution in [0.3, 0.4) is 0 Å². The molecule has 2 rings (SSSR count). The zero-order valence-corrected chi connectivity index (χ0v) is 7.67. The van der Waals surface area contributed by atoms with Crippen molar-refractivity contribution in [3.63, 3.8) is 0 Å². The van der Waals surface area contributed by atoms with Gasteiger partial charge in [0.2, 0.25) is 0 Å². The predicted molar refractivity (Wildman–Crippen MR) is 45.2 cm³/mol. The molecule has 0 aromatic heterocycles. The highest BCUT2D eigenvalue weighted by molar-refractivity contribution is 5.15. The maximum atomic E-state index is 9.83. The van der Waals surface area contributed by atoms with Crippen molar-refractivity contribution in [2.24, 2.45) is 23.2 Å². The Labute approximate surface area is 68.8 Å². The van der Waals surface area contributed by atoms with Gasteiger partial charge in [0.1, 0.15) is 0 Å². The van der Waals surface area contributed by atoms with Crippen LogP contribution in [0.2, 0.25) is 0 Å². The molecule has 0 aliphatic heterocycles. The van der Waals surface area contributed by atoms with Gasteiger partial charge in [0.15, 0.2) is 0 Å². The molecule has 1 heteroatoms. The van der Waals surface area contributed by atoms with E-state index in [1.54, 1.807) is 0 Å². The summed E-state index contributed by atoms with van der Waals surface area (Å²) in [4.78, 5) is 0. The summed E-state index contributed by atoms with van der Waals surface area (Å²) in [7, 11) is 0. The molecule has 2 aliphatic rings. The molecule has 1 unspecified atom stereocenters. The normalized spacial score (nSPS) is 54.8. The first kappa shape index (κ1) is 7.60. The number of aliphatic hydroxyl groups is 1. The van der Waals surface area contributed by atoms with E-state index in [0.29, 0.717) is 11.3 Å². The van der Waals surface area contributed by atoms with Crippen molar-refractivity contribution < 1.29 is 5.11 Å². The van der Waals surface area contributed by atoms with Crippen LogP contribution in [0.1, 0.15) is 33.6 Å². The average molecular weight is 154 g/mol. The summed E-state index contributed by atoms with van der Waals surface area (Å²) in [5.41, 5.74) is 0.347. The maximum absolute atomic E-state index is 9.83. The van der Waals surface area contributed by atoms with Gasteiger partial charge in [-0.2, -0.15) is 0 Å². The van der Waals surface area contributed by atoms with Gasteiger partial charge in [0, 0.05) is 5.41 Å². The van der Waals surface area contributed by atoms with Crippen molar-refractivity contribution in [1.82, 2.24) is 0 Å². The Bertz CT molecular complexity index is 172. The van der Waals surface area contributed by atoms with E-state index in [1.165, 1.54) is 6.42 Å². The van der Waals surface area contributed by atoms with Crippen LogP contribution in [-0.4, -0.2) is 11.2 Å². The van der Waals surface area contributed by atoms with Crippen LogP contribution >= 0.6 is 0 Å². The first-order valence-corrected chi connectivity index (χ1v) is 4.77. The summed E-state index contributed by atoms with van der Waals surface area (Å²) in [6.07, 6.45) is 2.33. The van der Waals surface area contributed by atoms with Crippen LogP contribution in [0.4, 0.5) is 0 Å². The first-order valence-electron chi connectivity index (χ1n) is 4.77. The van der Waals surface area contributed by atoms with Crippen molar-refractivity contribution in [1.29, 1.82) is 0 Å². The van der Waals surface area contributed by atoms with E-state index in [2.05, 4.69) is 20.8 Å².